The topological polar surface area (TPSA) is 0 Å². The molecule has 0 aliphatic carbocycles. The molecule has 0 heterocycles. The van der Waals surface area contributed by atoms with Crippen molar-refractivity contribution in [2.24, 2.45) is 0 Å². The summed E-state index contributed by atoms with van der Waals surface area (Å²) < 4.78 is 0. The third kappa shape index (κ3) is 1610. The van der Waals surface area contributed by atoms with E-state index in [-0.39, 0.29) is 34.1 Å². The quantitative estimate of drug-likeness (QED) is 0.291. The van der Waals surface area contributed by atoms with Gasteiger partial charge in [-0.2, -0.15) is 0 Å². The standard InChI is InChI=1S/3C2.2Fe/c3*1-2;;/q3*-2;2*+3. The molecule has 0 amide bonds. The van der Waals surface area contributed by atoms with E-state index < -0.39 is 0 Å². The number of hydrogen-bond donors (Lipinski definition) is 0. The van der Waals surface area contributed by atoms with Crippen LogP contribution in [0.15, 0.2) is 0 Å². The molecule has 0 spiro atoms. The zero-order valence-electron chi connectivity index (χ0n) is 3.71. The van der Waals surface area contributed by atoms with Gasteiger partial charge in [0.2, 0.25) is 0 Å². The Labute approximate surface area is 72.8 Å². The molecule has 0 fully saturated rings. The molecule has 2 radical (unpaired) electrons. The van der Waals surface area contributed by atoms with Gasteiger partial charge >= 0.3 is 34.1 Å². The molecule has 0 saturated heterocycles. The molecule has 0 unspecified atom stereocenters. The zero-order valence-corrected chi connectivity index (χ0v) is 5.92. The molecule has 0 saturated carbocycles. The van der Waals surface area contributed by atoms with Crippen LogP contribution < -0.4 is 0 Å². The van der Waals surface area contributed by atoms with E-state index in [1.807, 2.05) is 0 Å². The van der Waals surface area contributed by atoms with Gasteiger partial charge in [0.05, 0.1) is 0 Å². The Hall–Kier alpha value is -0.281. The Morgan fingerprint density at radius 1 is 0.375 bits per heavy atom. The molecule has 0 rings (SSSR count). The van der Waals surface area contributed by atoms with Crippen molar-refractivity contribution in [2.75, 3.05) is 0 Å². The minimum Gasteiger partial charge on any atom is -1.00 e. The summed E-state index contributed by atoms with van der Waals surface area (Å²) in [4.78, 5) is 0. The molecular weight excluding hydrogens is 184 g/mol. The van der Waals surface area contributed by atoms with Gasteiger partial charge in [-0.3, -0.25) is 0 Å². The van der Waals surface area contributed by atoms with Crippen LogP contribution in [-0.2, 0) is 34.1 Å². The third-order valence-electron chi connectivity index (χ3n) is 0. The van der Waals surface area contributed by atoms with Crippen molar-refractivity contribution in [2.45, 2.75) is 0 Å². The van der Waals surface area contributed by atoms with Crippen molar-refractivity contribution >= 4 is 0 Å². The SMILES string of the molecule is [C-]#[C-].[C-]#[C-].[C-]#[C-].[Fe+3].[Fe+3]. The Morgan fingerprint density at radius 3 is 0.375 bits per heavy atom. The van der Waals surface area contributed by atoms with Crippen LogP contribution >= 0.6 is 0 Å². The average molecular weight is 184 g/mol. The van der Waals surface area contributed by atoms with E-state index in [2.05, 4.69) is 0 Å². The first kappa shape index (κ1) is 47.1. The van der Waals surface area contributed by atoms with Crippen molar-refractivity contribution in [1.29, 1.82) is 0 Å². The van der Waals surface area contributed by atoms with E-state index in [0.717, 1.165) is 0 Å². The van der Waals surface area contributed by atoms with Gasteiger partial charge in [0.1, 0.15) is 0 Å². The summed E-state index contributed by atoms with van der Waals surface area (Å²) in [6, 6.07) is 0. The van der Waals surface area contributed by atoms with Gasteiger partial charge in [0.25, 0.3) is 0 Å². The second-order valence-electron chi connectivity index (χ2n) is 0. The molecule has 0 N–H and O–H groups in total. The predicted octanol–water partition coefficient (Wildman–Crippen LogP) is 0.483. The summed E-state index contributed by atoms with van der Waals surface area (Å²) in [6.07, 6.45) is 30.0. The van der Waals surface area contributed by atoms with E-state index in [9.17, 15) is 0 Å². The summed E-state index contributed by atoms with van der Waals surface area (Å²) in [5.41, 5.74) is 0. The summed E-state index contributed by atoms with van der Waals surface area (Å²) in [5, 5.41) is 0. The van der Waals surface area contributed by atoms with Crippen LogP contribution in [0.5, 0.6) is 0 Å². The molecule has 2 heteroatoms. The van der Waals surface area contributed by atoms with Crippen LogP contribution in [-0.4, -0.2) is 0 Å². The number of hydrogen-bond acceptors (Lipinski definition) is 0. The molecular formula is C6Fe2. The van der Waals surface area contributed by atoms with E-state index in [1.54, 1.807) is 0 Å². The van der Waals surface area contributed by atoms with Crippen molar-refractivity contribution in [3.8, 4) is 0 Å². The molecule has 0 aromatic carbocycles. The van der Waals surface area contributed by atoms with E-state index >= 15 is 0 Å². The van der Waals surface area contributed by atoms with Crippen LogP contribution in [0.4, 0.5) is 0 Å². The fourth-order valence-corrected chi connectivity index (χ4v) is 0. The van der Waals surface area contributed by atoms with Gasteiger partial charge < -0.3 is 38.5 Å². The first-order valence-corrected chi connectivity index (χ1v) is 0.750. The minimum absolute atomic E-state index is 0. The van der Waals surface area contributed by atoms with Crippen LogP contribution in [0.25, 0.3) is 0 Å². The molecule has 0 nitrogen and oxygen atoms in total. The van der Waals surface area contributed by atoms with Crippen LogP contribution in [0, 0.1) is 38.5 Å². The average Bonchev–Trinajstić information content (AvgIpc) is 1.81. The van der Waals surface area contributed by atoms with Crippen LogP contribution in [0.2, 0.25) is 0 Å². The Bertz CT molecular complexity index is 35.0. The van der Waals surface area contributed by atoms with E-state index in [1.165, 1.54) is 0 Å². The first-order valence-electron chi connectivity index (χ1n) is 0.750. The van der Waals surface area contributed by atoms with Crippen LogP contribution in [0.1, 0.15) is 0 Å². The Kier molecular flexibility index (Phi) is 16400. The van der Waals surface area contributed by atoms with E-state index in [4.69, 9.17) is 38.5 Å². The van der Waals surface area contributed by atoms with Gasteiger partial charge in [0.15, 0.2) is 0 Å². The van der Waals surface area contributed by atoms with Gasteiger partial charge in [0, 0.05) is 0 Å². The minimum atomic E-state index is 0. The van der Waals surface area contributed by atoms with Crippen molar-refractivity contribution in [3.05, 3.63) is 38.5 Å². The monoisotopic (exact) mass is 184 g/mol. The first-order chi connectivity index (χ1) is 3.00. The van der Waals surface area contributed by atoms with Crippen molar-refractivity contribution in [1.82, 2.24) is 0 Å². The normalized spacial score (nSPS) is 0.750. The fraction of sp³-hybridized carbons (Fsp3) is 0. The second kappa shape index (κ2) is 2780. The molecule has 0 bridgehead atoms. The van der Waals surface area contributed by atoms with Gasteiger partial charge in [-0.15, -0.1) is 0 Å². The maximum absolute atomic E-state index is 5.00. The van der Waals surface area contributed by atoms with E-state index in [0.29, 0.717) is 0 Å². The largest absolute Gasteiger partial charge is 3.00 e. The van der Waals surface area contributed by atoms with Gasteiger partial charge in [-0.1, -0.05) is 0 Å². The molecule has 0 aliphatic heterocycles. The van der Waals surface area contributed by atoms with Crippen molar-refractivity contribution < 1.29 is 34.1 Å². The second-order valence-corrected chi connectivity index (χ2v) is 0. The smallest absolute Gasteiger partial charge is 1.00 e. The summed E-state index contributed by atoms with van der Waals surface area (Å²) in [5.74, 6) is 0. The van der Waals surface area contributed by atoms with Crippen molar-refractivity contribution in [3.63, 3.8) is 0 Å². The van der Waals surface area contributed by atoms with Gasteiger partial charge in [-0.25, -0.2) is 0 Å². The maximum Gasteiger partial charge on any atom is 3.00 e. The molecule has 0 atom stereocenters. The Morgan fingerprint density at radius 2 is 0.375 bits per heavy atom. The fourth-order valence-electron chi connectivity index (χ4n) is 0. The molecule has 8 heavy (non-hydrogen) atoms. The summed E-state index contributed by atoms with van der Waals surface area (Å²) in [6.45, 7) is 0. The maximum atomic E-state index is 5.00. The summed E-state index contributed by atoms with van der Waals surface area (Å²) in [7, 11) is 0. The van der Waals surface area contributed by atoms with Crippen LogP contribution in [0.3, 0.4) is 0 Å². The summed E-state index contributed by atoms with van der Waals surface area (Å²) >= 11 is 0. The molecule has 0 aromatic heterocycles. The number of rotatable bonds is 0. The molecule has 0 aromatic rings. The van der Waals surface area contributed by atoms with Gasteiger partial charge in [-0.05, 0) is 0 Å². The molecule has 40 valence electrons. The molecule has 0 aliphatic rings. The zero-order chi connectivity index (χ0) is 6.00. The predicted molar refractivity (Wildman–Crippen MR) is 19.5 cm³/mol. The third-order valence-corrected chi connectivity index (χ3v) is 0. The Balaban J connectivity index is -0.00000000500.